The molecule has 1 N–H and O–H groups in total. The second kappa shape index (κ2) is 9.64. The molecule has 0 aromatic heterocycles. The maximum absolute atomic E-state index is 12.5. The molecule has 0 fully saturated rings. The van der Waals surface area contributed by atoms with Crippen LogP contribution in [0.4, 0.5) is 0 Å². The summed E-state index contributed by atoms with van der Waals surface area (Å²) in [5.74, 6) is -1.68. The minimum atomic E-state index is -1.01. The summed E-state index contributed by atoms with van der Waals surface area (Å²) in [7, 11) is 4.96. The number of carbonyl (C=O) groups excluding carboxylic acids is 3. The van der Waals surface area contributed by atoms with E-state index in [2.05, 4.69) is 5.32 Å². The summed E-state index contributed by atoms with van der Waals surface area (Å²) < 4.78 is 0. The van der Waals surface area contributed by atoms with Gasteiger partial charge in [-0.3, -0.25) is 19.3 Å². The summed E-state index contributed by atoms with van der Waals surface area (Å²) in [6.07, 6.45) is 4.34. The van der Waals surface area contributed by atoms with Gasteiger partial charge in [0.05, 0.1) is 6.04 Å². The Morgan fingerprint density at radius 1 is 1.09 bits per heavy atom. The molecule has 0 aromatic rings. The van der Waals surface area contributed by atoms with Crippen LogP contribution in [0.15, 0.2) is 12.2 Å². The van der Waals surface area contributed by atoms with E-state index >= 15 is 0 Å². The van der Waals surface area contributed by atoms with Crippen LogP contribution in [0.3, 0.4) is 0 Å². The Morgan fingerprint density at radius 3 is 2.00 bits per heavy atom. The monoisotopic (exact) mass is 310 g/mol. The molecule has 0 radical (unpaired) electrons. The summed E-state index contributed by atoms with van der Waals surface area (Å²) in [5, 5.41) is 2.87. The maximum atomic E-state index is 12.5. The van der Waals surface area contributed by atoms with Crippen LogP contribution in [0.1, 0.15) is 34.1 Å². The average Bonchev–Trinajstić information content (AvgIpc) is 2.44. The molecule has 0 spiro atoms. The molecule has 0 saturated carbocycles. The van der Waals surface area contributed by atoms with Crippen molar-refractivity contribution in [2.75, 3.05) is 21.1 Å². The first-order valence-corrected chi connectivity index (χ1v) is 7.75. The molecule has 3 atom stereocenters. The predicted molar refractivity (Wildman–Crippen MR) is 88.8 cm³/mol. The van der Waals surface area contributed by atoms with Gasteiger partial charge in [0.25, 0.3) is 0 Å². The number of hydrogen-bond donors (Lipinski definition) is 1. The number of carbonyl (C=O) groups is 3. The Hall–Kier alpha value is -1.33. The largest absolute Gasteiger partial charge is 0.310 e. The van der Waals surface area contributed by atoms with E-state index in [1.165, 1.54) is 4.90 Å². The Kier molecular flexibility index (Phi) is 9.06. The normalized spacial score (nSPS) is 16.0. The zero-order chi connectivity index (χ0) is 17.4. The zero-order valence-corrected chi connectivity index (χ0v) is 14.8. The third-order valence-corrected chi connectivity index (χ3v) is 3.75. The molecule has 5 heteroatoms. The molecule has 0 heterocycles. The standard InChI is InChI=1S/C17H30N2O3/c1-8-9-10-12(4)15(20)14(19(6)7)17(22)16(21)13(18-5)11(2)3/h8-9,11-14,18H,10H2,1-7H3/b9-8+/t12-,13+,14-/m1/s1. The van der Waals surface area contributed by atoms with Gasteiger partial charge in [-0.1, -0.05) is 32.9 Å². The first kappa shape index (κ1) is 20.7. The third kappa shape index (κ3) is 5.46. The Bertz CT molecular complexity index is 428. The van der Waals surface area contributed by atoms with E-state index in [1.807, 2.05) is 32.9 Å². The second-order valence-corrected chi connectivity index (χ2v) is 6.21. The average molecular weight is 310 g/mol. The highest BCUT2D eigenvalue weighted by Gasteiger charge is 2.38. The van der Waals surface area contributed by atoms with Gasteiger partial charge in [-0.2, -0.15) is 0 Å². The lowest BCUT2D eigenvalue weighted by atomic mass is 9.88. The second-order valence-electron chi connectivity index (χ2n) is 6.21. The molecule has 0 bridgehead atoms. The van der Waals surface area contributed by atoms with E-state index in [0.717, 1.165) is 0 Å². The fourth-order valence-corrected chi connectivity index (χ4v) is 2.40. The number of rotatable bonds is 10. The lowest BCUT2D eigenvalue weighted by Crippen LogP contribution is -2.53. The van der Waals surface area contributed by atoms with Crippen LogP contribution >= 0.6 is 0 Å². The topological polar surface area (TPSA) is 66.5 Å². The van der Waals surface area contributed by atoms with Crippen molar-refractivity contribution in [2.24, 2.45) is 11.8 Å². The summed E-state index contributed by atoms with van der Waals surface area (Å²) in [5.41, 5.74) is 0. The van der Waals surface area contributed by atoms with Gasteiger partial charge in [0.2, 0.25) is 11.6 Å². The molecule has 126 valence electrons. The highest BCUT2D eigenvalue weighted by molar-refractivity contribution is 6.44. The van der Waals surface area contributed by atoms with E-state index in [4.69, 9.17) is 0 Å². The van der Waals surface area contributed by atoms with Crippen molar-refractivity contribution in [1.82, 2.24) is 10.2 Å². The van der Waals surface area contributed by atoms with E-state index in [-0.39, 0.29) is 17.6 Å². The van der Waals surface area contributed by atoms with Crippen LogP contribution in [0.5, 0.6) is 0 Å². The van der Waals surface area contributed by atoms with Crippen LogP contribution < -0.4 is 5.32 Å². The molecular formula is C17H30N2O3. The van der Waals surface area contributed by atoms with E-state index in [0.29, 0.717) is 6.42 Å². The van der Waals surface area contributed by atoms with Gasteiger partial charge in [-0.25, -0.2) is 0 Å². The summed E-state index contributed by atoms with van der Waals surface area (Å²) in [6.45, 7) is 7.41. The van der Waals surface area contributed by atoms with Crippen molar-refractivity contribution in [3.63, 3.8) is 0 Å². The predicted octanol–water partition coefficient (Wildman–Crippen LogP) is 1.47. The van der Waals surface area contributed by atoms with E-state index < -0.39 is 23.7 Å². The van der Waals surface area contributed by atoms with Gasteiger partial charge < -0.3 is 5.32 Å². The first-order chi connectivity index (χ1) is 10.2. The van der Waals surface area contributed by atoms with Crippen molar-refractivity contribution in [2.45, 2.75) is 46.2 Å². The Balaban J connectivity index is 5.28. The van der Waals surface area contributed by atoms with Crippen LogP contribution in [-0.4, -0.2) is 55.5 Å². The van der Waals surface area contributed by atoms with Crippen LogP contribution in [0.2, 0.25) is 0 Å². The van der Waals surface area contributed by atoms with E-state index in [1.54, 1.807) is 28.1 Å². The van der Waals surface area contributed by atoms with Crippen molar-refractivity contribution in [3.05, 3.63) is 12.2 Å². The van der Waals surface area contributed by atoms with Gasteiger partial charge in [0.15, 0.2) is 5.78 Å². The highest BCUT2D eigenvalue weighted by atomic mass is 16.2. The summed E-state index contributed by atoms with van der Waals surface area (Å²) >= 11 is 0. The molecule has 0 aliphatic rings. The first-order valence-electron chi connectivity index (χ1n) is 7.75. The van der Waals surface area contributed by atoms with Gasteiger partial charge in [-0.15, -0.1) is 0 Å². The smallest absolute Gasteiger partial charge is 0.224 e. The number of ketones is 3. The fraction of sp³-hybridized carbons (Fsp3) is 0.706. The van der Waals surface area contributed by atoms with E-state index in [9.17, 15) is 14.4 Å². The van der Waals surface area contributed by atoms with Crippen molar-refractivity contribution < 1.29 is 14.4 Å². The highest BCUT2D eigenvalue weighted by Crippen LogP contribution is 2.14. The number of nitrogens with zero attached hydrogens (tertiary/aromatic N) is 1. The maximum Gasteiger partial charge on any atom is 0.224 e. The van der Waals surface area contributed by atoms with Crippen molar-refractivity contribution >= 4 is 17.3 Å². The van der Waals surface area contributed by atoms with Gasteiger partial charge in [0, 0.05) is 5.92 Å². The number of nitrogens with one attached hydrogen (secondary N) is 1. The molecule has 0 aliphatic heterocycles. The molecule has 5 nitrogen and oxygen atoms in total. The Labute approximate surface area is 134 Å². The molecule has 0 amide bonds. The molecule has 22 heavy (non-hydrogen) atoms. The quantitative estimate of drug-likeness (QED) is 0.376. The SMILES string of the molecule is C/C=C/C[C@@H](C)C(=O)[C@H](C(=O)C(=O)[C@@H](NC)C(C)C)N(C)C. The number of allylic oxidation sites excluding steroid dienone is 2. The number of hydrogen-bond acceptors (Lipinski definition) is 5. The third-order valence-electron chi connectivity index (χ3n) is 3.75. The molecule has 0 aliphatic carbocycles. The minimum absolute atomic E-state index is 0.0141. The van der Waals surface area contributed by atoms with Crippen LogP contribution in [-0.2, 0) is 14.4 Å². The number of Topliss-reactive ketones (excluding diaryl/α,β-unsaturated/α-hetero) is 3. The molecule has 0 unspecified atom stereocenters. The summed E-state index contributed by atoms with van der Waals surface area (Å²) in [4.78, 5) is 39.0. The van der Waals surface area contributed by atoms with Gasteiger partial charge in [-0.05, 0) is 40.4 Å². The summed E-state index contributed by atoms with van der Waals surface area (Å²) in [6, 6.07) is -1.57. The molecule has 0 saturated heterocycles. The zero-order valence-electron chi connectivity index (χ0n) is 14.8. The minimum Gasteiger partial charge on any atom is -0.310 e. The van der Waals surface area contributed by atoms with Crippen LogP contribution in [0.25, 0.3) is 0 Å². The molecular weight excluding hydrogens is 280 g/mol. The van der Waals surface area contributed by atoms with Crippen molar-refractivity contribution in [1.29, 1.82) is 0 Å². The lowest BCUT2D eigenvalue weighted by molar-refractivity contribution is -0.145. The Morgan fingerprint density at radius 2 is 1.64 bits per heavy atom. The fourth-order valence-electron chi connectivity index (χ4n) is 2.40. The molecule has 0 aromatic carbocycles. The molecule has 0 rings (SSSR count). The van der Waals surface area contributed by atoms with Gasteiger partial charge in [0.1, 0.15) is 6.04 Å². The van der Waals surface area contributed by atoms with Crippen molar-refractivity contribution in [3.8, 4) is 0 Å². The van der Waals surface area contributed by atoms with Crippen LogP contribution in [0, 0.1) is 11.8 Å². The van der Waals surface area contributed by atoms with Gasteiger partial charge >= 0.3 is 0 Å². The number of likely N-dealkylation sites (N-methyl/N-ethyl adjacent to an activating group) is 2. The lowest BCUT2D eigenvalue weighted by Gasteiger charge is -2.26.